The number of halogens is 1. The molecule has 0 aliphatic heterocycles. The van der Waals surface area contributed by atoms with Crippen molar-refractivity contribution in [1.29, 1.82) is 0 Å². The number of carbonyl (C=O) groups is 1. The van der Waals surface area contributed by atoms with Gasteiger partial charge in [0.1, 0.15) is 11.9 Å². The van der Waals surface area contributed by atoms with Crippen LogP contribution in [0, 0.1) is 12.7 Å². The van der Waals surface area contributed by atoms with Crippen LogP contribution in [0.15, 0.2) is 48.5 Å². The molecular formula is C20H25FN2O3S. The molecule has 27 heavy (non-hydrogen) atoms. The predicted octanol–water partition coefficient (Wildman–Crippen LogP) is 3.04. The quantitative estimate of drug-likeness (QED) is 0.702. The average Bonchev–Trinajstić information content (AvgIpc) is 2.57. The zero-order valence-corrected chi connectivity index (χ0v) is 16.6. The van der Waals surface area contributed by atoms with Gasteiger partial charge in [-0.3, -0.25) is 9.10 Å². The molecule has 7 heteroatoms. The van der Waals surface area contributed by atoms with Crippen LogP contribution in [0.2, 0.25) is 0 Å². The van der Waals surface area contributed by atoms with Crippen LogP contribution >= 0.6 is 0 Å². The molecule has 1 amide bonds. The van der Waals surface area contributed by atoms with E-state index in [9.17, 15) is 17.6 Å². The molecule has 0 fully saturated rings. The third-order valence-corrected chi connectivity index (χ3v) is 5.42. The molecule has 1 atom stereocenters. The highest BCUT2D eigenvalue weighted by Gasteiger charge is 2.29. The summed E-state index contributed by atoms with van der Waals surface area (Å²) in [4.78, 5) is 12.4. The highest BCUT2D eigenvalue weighted by molar-refractivity contribution is 7.92. The van der Waals surface area contributed by atoms with Crippen LogP contribution in [-0.2, 0) is 21.2 Å². The number of carbonyl (C=O) groups excluding carboxylic acids is 1. The van der Waals surface area contributed by atoms with Crippen molar-refractivity contribution in [3.05, 3.63) is 65.5 Å². The van der Waals surface area contributed by atoms with E-state index >= 15 is 0 Å². The van der Waals surface area contributed by atoms with Crippen LogP contribution in [0.1, 0.15) is 24.5 Å². The molecule has 0 bridgehead atoms. The van der Waals surface area contributed by atoms with Crippen LogP contribution in [0.3, 0.4) is 0 Å². The Morgan fingerprint density at radius 1 is 1.19 bits per heavy atom. The fourth-order valence-corrected chi connectivity index (χ4v) is 4.11. The summed E-state index contributed by atoms with van der Waals surface area (Å²) in [6, 6.07) is 12.4. The Labute approximate surface area is 160 Å². The zero-order valence-electron chi connectivity index (χ0n) is 15.8. The average molecular weight is 392 g/mol. The lowest BCUT2D eigenvalue weighted by molar-refractivity contribution is -0.121. The lowest BCUT2D eigenvalue weighted by atomic mass is 10.1. The van der Waals surface area contributed by atoms with Gasteiger partial charge in [0.15, 0.2) is 0 Å². The van der Waals surface area contributed by atoms with Gasteiger partial charge in [0.2, 0.25) is 15.9 Å². The van der Waals surface area contributed by atoms with E-state index < -0.39 is 27.8 Å². The van der Waals surface area contributed by atoms with Crippen molar-refractivity contribution in [2.45, 2.75) is 32.7 Å². The minimum absolute atomic E-state index is 0.125. The smallest absolute Gasteiger partial charge is 0.243 e. The first kappa shape index (κ1) is 20.9. The fraction of sp³-hybridized carbons (Fsp3) is 0.350. The largest absolute Gasteiger partial charge is 0.354 e. The number of hydrogen-bond donors (Lipinski definition) is 1. The molecule has 5 nitrogen and oxygen atoms in total. The van der Waals surface area contributed by atoms with Gasteiger partial charge in [0.05, 0.1) is 11.9 Å². The van der Waals surface area contributed by atoms with Gasteiger partial charge in [-0.25, -0.2) is 12.8 Å². The van der Waals surface area contributed by atoms with E-state index in [4.69, 9.17) is 0 Å². The van der Waals surface area contributed by atoms with Crippen molar-refractivity contribution in [3.8, 4) is 0 Å². The topological polar surface area (TPSA) is 66.5 Å². The molecule has 0 saturated heterocycles. The van der Waals surface area contributed by atoms with E-state index in [-0.39, 0.29) is 5.69 Å². The summed E-state index contributed by atoms with van der Waals surface area (Å²) < 4.78 is 38.8. The first-order chi connectivity index (χ1) is 12.7. The Hall–Kier alpha value is -2.41. The van der Waals surface area contributed by atoms with E-state index in [1.54, 1.807) is 0 Å². The van der Waals surface area contributed by atoms with E-state index in [1.807, 2.05) is 25.1 Å². The van der Waals surface area contributed by atoms with Crippen molar-refractivity contribution < 1.29 is 17.6 Å². The lowest BCUT2D eigenvalue weighted by Gasteiger charge is -2.28. The number of aryl methyl sites for hydroxylation is 2. The number of anilines is 1. The van der Waals surface area contributed by atoms with E-state index in [0.29, 0.717) is 6.54 Å². The molecule has 0 aliphatic carbocycles. The molecule has 0 aliphatic rings. The van der Waals surface area contributed by atoms with Gasteiger partial charge in [-0.1, -0.05) is 35.9 Å². The minimum atomic E-state index is -3.75. The highest BCUT2D eigenvalue weighted by Crippen LogP contribution is 2.21. The van der Waals surface area contributed by atoms with Gasteiger partial charge in [-0.2, -0.15) is 0 Å². The second-order valence-corrected chi connectivity index (χ2v) is 8.46. The van der Waals surface area contributed by atoms with Crippen molar-refractivity contribution in [3.63, 3.8) is 0 Å². The van der Waals surface area contributed by atoms with Crippen molar-refractivity contribution >= 4 is 21.6 Å². The molecule has 0 radical (unpaired) electrons. The van der Waals surface area contributed by atoms with E-state index in [2.05, 4.69) is 11.4 Å². The van der Waals surface area contributed by atoms with Gasteiger partial charge >= 0.3 is 0 Å². The molecule has 2 rings (SSSR count). The zero-order chi connectivity index (χ0) is 20.0. The number of rotatable bonds is 8. The third-order valence-electron chi connectivity index (χ3n) is 4.18. The van der Waals surface area contributed by atoms with Crippen LogP contribution in [0.25, 0.3) is 0 Å². The van der Waals surface area contributed by atoms with Crippen LogP contribution in [-0.4, -0.2) is 33.2 Å². The summed E-state index contributed by atoms with van der Waals surface area (Å²) in [6.07, 6.45) is 2.55. The van der Waals surface area contributed by atoms with Gasteiger partial charge in [0.25, 0.3) is 0 Å². The molecule has 146 valence electrons. The Morgan fingerprint density at radius 2 is 1.89 bits per heavy atom. The summed E-state index contributed by atoms with van der Waals surface area (Å²) in [5.74, 6) is -0.985. The number of amides is 1. The number of sulfonamides is 1. The van der Waals surface area contributed by atoms with Gasteiger partial charge in [-0.15, -0.1) is 0 Å². The summed E-state index contributed by atoms with van der Waals surface area (Å²) in [5.41, 5.74) is 2.50. The number of hydrogen-bond acceptors (Lipinski definition) is 3. The second-order valence-electron chi connectivity index (χ2n) is 6.60. The summed E-state index contributed by atoms with van der Waals surface area (Å²) in [5, 5.41) is 2.77. The molecular weight excluding hydrogens is 367 g/mol. The minimum Gasteiger partial charge on any atom is -0.354 e. The first-order valence-corrected chi connectivity index (χ1v) is 10.6. The van der Waals surface area contributed by atoms with Gasteiger partial charge in [-0.05, 0) is 50.5 Å². The fourth-order valence-electron chi connectivity index (χ4n) is 2.94. The monoisotopic (exact) mass is 392 g/mol. The Morgan fingerprint density at radius 3 is 2.52 bits per heavy atom. The van der Waals surface area contributed by atoms with Crippen molar-refractivity contribution in [1.82, 2.24) is 5.32 Å². The maximum atomic E-state index is 13.5. The van der Waals surface area contributed by atoms with Crippen LogP contribution in [0.5, 0.6) is 0 Å². The summed E-state index contributed by atoms with van der Waals surface area (Å²) in [6.45, 7) is 3.94. The molecule has 0 spiro atoms. The molecule has 0 saturated carbocycles. The predicted molar refractivity (Wildman–Crippen MR) is 106 cm³/mol. The standard InChI is InChI=1S/C20H25FN2O3S/c1-15-7-4-8-17(13-15)9-6-12-22-20(24)16(2)23(27(3,25)26)19-11-5-10-18(21)14-19/h4-5,7-8,10-11,13-14,16H,6,9,12H2,1-3H3,(H,22,24). The SMILES string of the molecule is Cc1cccc(CCCNC(=O)C(C)N(c2cccc(F)c2)S(C)(=O)=O)c1. The second kappa shape index (κ2) is 8.99. The Bertz CT molecular complexity index is 900. The number of benzene rings is 2. The van der Waals surface area contributed by atoms with Crippen LogP contribution in [0.4, 0.5) is 10.1 Å². The molecule has 1 unspecified atom stereocenters. The molecule has 2 aromatic carbocycles. The molecule has 0 aromatic heterocycles. The lowest BCUT2D eigenvalue weighted by Crippen LogP contribution is -2.48. The van der Waals surface area contributed by atoms with E-state index in [0.717, 1.165) is 29.5 Å². The van der Waals surface area contributed by atoms with E-state index in [1.165, 1.54) is 36.2 Å². The summed E-state index contributed by atoms with van der Waals surface area (Å²) >= 11 is 0. The maximum absolute atomic E-state index is 13.5. The van der Waals surface area contributed by atoms with Crippen molar-refractivity contribution in [2.24, 2.45) is 0 Å². The normalized spacial score (nSPS) is 12.4. The molecule has 0 heterocycles. The molecule has 1 N–H and O–H groups in total. The first-order valence-electron chi connectivity index (χ1n) is 8.76. The Kier molecular flexibility index (Phi) is 6.96. The molecule has 2 aromatic rings. The number of nitrogens with zero attached hydrogens (tertiary/aromatic N) is 1. The van der Waals surface area contributed by atoms with Gasteiger partial charge < -0.3 is 5.32 Å². The highest BCUT2D eigenvalue weighted by atomic mass is 32.2. The van der Waals surface area contributed by atoms with Gasteiger partial charge in [0, 0.05) is 6.54 Å². The summed E-state index contributed by atoms with van der Waals surface area (Å²) in [7, 11) is -3.75. The van der Waals surface area contributed by atoms with Crippen molar-refractivity contribution in [2.75, 3.05) is 17.1 Å². The number of nitrogens with one attached hydrogen (secondary N) is 1. The third kappa shape index (κ3) is 6.06. The maximum Gasteiger partial charge on any atom is 0.243 e. The van der Waals surface area contributed by atoms with Crippen LogP contribution < -0.4 is 9.62 Å². The Balaban J connectivity index is 1.98.